The number of aliphatic hydroxyl groups is 1. The van der Waals surface area contributed by atoms with Crippen LogP contribution >= 0.6 is 0 Å². The first-order chi connectivity index (χ1) is 22.9. The number of rotatable bonds is 16. The number of likely N-dealkylation sites (N-methyl/N-ethyl adjacent to an activating group) is 1. The van der Waals surface area contributed by atoms with Gasteiger partial charge >= 0.3 is 6.09 Å². The van der Waals surface area contributed by atoms with E-state index >= 15 is 0 Å². The Hall–Kier alpha value is -4.04. The average Bonchev–Trinajstić information content (AvgIpc) is 3.44. The number of nitrogens with one attached hydrogen (secondary N) is 4. The first kappa shape index (κ1) is 41.1. The SMILES string of the molecule is CCCC(NC(O)[C@@H]1C[C@H](C)CN1C(=O)[C@@H](NC(=O)OCC(C)C)C(C)(C)C)C(=O)C(=O)NCC(=O)N[C@H](C(=O)N(C)C)c1ccccc1. The molecular formula is C35H56N6O8. The highest BCUT2D eigenvalue weighted by Crippen LogP contribution is 2.29. The van der Waals surface area contributed by atoms with Gasteiger partial charge in [-0.05, 0) is 35.7 Å². The molecule has 1 aliphatic rings. The number of hydrogen-bond donors (Lipinski definition) is 5. The number of amides is 5. The molecule has 1 heterocycles. The van der Waals surface area contributed by atoms with E-state index < -0.39 is 72.0 Å². The van der Waals surface area contributed by atoms with Crippen LogP contribution in [0.25, 0.3) is 0 Å². The third kappa shape index (κ3) is 12.4. The minimum atomic E-state index is -1.37. The third-order valence-electron chi connectivity index (χ3n) is 8.15. The predicted molar refractivity (Wildman–Crippen MR) is 184 cm³/mol. The Bertz CT molecular complexity index is 1300. The van der Waals surface area contributed by atoms with E-state index in [9.17, 15) is 33.9 Å². The number of nitrogens with zero attached hydrogens (tertiary/aromatic N) is 2. The molecule has 0 saturated carbocycles. The van der Waals surface area contributed by atoms with Gasteiger partial charge in [-0.3, -0.25) is 29.3 Å². The summed E-state index contributed by atoms with van der Waals surface area (Å²) in [4.78, 5) is 81.0. The molecular weight excluding hydrogens is 632 g/mol. The van der Waals surface area contributed by atoms with Gasteiger partial charge in [0.1, 0.15) is 18.3 Å². The van der Waals surface area contributed by atoms with Crippen molar-refractivity contribution in [3.05, 3.63) is 35.9 Å². The summed E-state index contributed by atoms with van der Waals surface area (Å²) in [6.45, 7) is 13.0. The van der Waals surface area contributed by atoms with Gasteiger partial charge in [-0.2, -0.15) is 0 Å². The van der Waals surface area contributed by atoms with Crippen LogP contribution in [0.15, 0.2) is 30.3 Å². The molecule has 0 aliphatic carbocycles. The summed E-state index contributed by atoms with van der Waals surface area (Å²) in [5.41, 5.74) is -0.128. The zero-order valence-corrected chi connectivity index (χ0v) is 30.4. The molecule has 14 nitrogen and oxygen atoms in total. The number of likely N-dealkylation sites (tertiary alicyclic amines) is 1. The summed E-state index contributed by atoms with van der Waals surface area (Å²) in [5, 5.41) is 21.8. The number of aliphatic hydroxyl groups excluding tert-OH is 1. The lowest BCUT2D eigenvalue weighted by atomic mass is 9.85. The second kappa shape index (κ2) is 18.6. The Kier molecular flexibility index (Phi) is 15.7. The summed E-state index contributed by atoms with van der Waals surface area (Å²) >= 11 is 0. The van der Waals surface area contributed by atoms with E-state index in [4.69, 9.17) is 4.74 Å². The van der Waals surface area contributed by atoms with Crippen molar-refractivity contribution < 1.29 is 38.6 Å². The first-order valence-corrected chi connectivity index (χ1v) is 16.9. The molecule has 49 heavy (non-hydrogen) atoms. The topological polar surface area (TPSA) is 186 Å². The van der Waals surface area contributed by atoms with Crippen molar-refractivity contribution in [2.45, 2.75) is 98.1 Å². The molecule has 1 aromatic carbocycles. The maximum absolute atomic E-state index is 13.9. The van der Waals surface area contributed by atoms with Gasteiger partial charge < -0.3 is 35.6 Å². The molecule has 274 valence electrons. The van der Waals surface area contributed by atoms with Crippen molar-refractivity contribution in [2.24, 2.45) is 17.3 Å². The van der Waals surface area contributed by atoms with Crippen LogP contribution in [-0.2, 0) is 28.7 Å². The number of ether oxygens (including phenoxy) is 1. The van der Waals surface area contributed by atoms with Crippen molar-refractivity contribution in [3.8, 4) is 0 Å². The lowest BCUT2D eigenvalue weighted by Gasteiger charge is -2.37. The molecule has 0 radical (unpaired) electrons. The molecule has 14 heteroatoms. The molecule has 6 atom stereocenters. The second-order valence-corrected chi connectivity index (χ2v) is 14.5. The Balaban J connectivity index is 2.11. The van der Waals surface area contributed by atoms with Crippen molar-refractivity contribution in [2.75, 3.05) is 33.8 Å². The van der Waals surface area contributed by atoms with E-state index in [1.165, 1.54) is 9.80 Å². The lowest BCUT2D eigenvalue weighted by molar-refractivity contribution is -0.142. The number of Topliss-reactive ketones (excluding diaryl/α,β-unsaturated/α-hetero) is 1. The molecule has 1 fully saturated rings. The van der Waals surface area contributed by atoms with Crippen LogP contribution in [0.5, 0.6) is 0 Å². The largest absolute Gasteiger partial charge is 0.449 e. The fourth-order valence-electron chi connectivity index (χ4n) is 5.56. The van der Waals surface area contributed by atoms with Gasteiger partial charge in [0.2, 0.25) is 23.5 Å². The van der Waals surface area contributed by atoms with Gasteiger partial charge in [-0.15, -0.1) is 0 Å². The van der Waals surface area contributed by atoms with E-state index in [1.807, 2.05) is 48.5 Å². The Morgan fingerprint density at radius 3 is 2.22 bits per heavy atom. The lowest BCUT2D eigenvalue weighted by Crippen LogP contribution is -2.60. The van der Waals surface area contributed by atoms with Crippen molar-refractivity contribution >= 4 is 35.5 Å². The Morgan fingerprint density at radius 2 is 1.67 bits per heavy atom. The van der Waals surface area contributed by atoms with Gasteiger partial charge in [0.15, 0.2) is 0 Å². The average molecular weight is 689 g/mol. The van der Waals surface area contributed by atoms with Crippen LogP contribution < -0.4 is 21.3 Å². The van der Waals surface area contributed by atoms with Gasteiger partial charge in [0.05, 0.1) is 25.2 Å². The monoisotopic (exact) mass is 688 g/mol. The quantitative estimate of drug-likeness (QED) is 0.127. The standard InChI is InChI=1S/C35H56N6O8/c1-10-14-24(28(43)31(45)36-18-26(42)38-27(32(46)40(8)9)23-15-12-11-13-16-23)37-30(44)25-17-22(4)19-41(25)33(47)29(35(5,6)7)39-34(48)49-20-21(2)3/h11-13,15-16,21-22,24-25,27,29-30,37,44H,10,14,17-20H2,1-9H3,(H,36,45)(H,38,42)(H,39,48)/t22-,24?,25-,27-,29+,30?/m0/s1. The van der Waals surface area contributed by atoms with Crippen LogP contribution in [0.2, 0.25) is 0 Å². The number of carbonyl (C=O) groups is 6. The Morgan fingerprint density at radius 1 is 1.04 bits per heavy atom. The maximum Gasteiger partial charge on any atom is 0.407 e. The molecule has 2 rings (SSSR count). The molecule has 2 unspecified atom stereocenters. The van der Waals surface area contributed by atoms with Crippen LogP contribution in [0, 0.1) is 17.3 Å². The number of carbonyl (C=O) groups excluding carboxylic acids is 6. The number of benzene rings is 1. The van der Waals surface area contributed by atoms with E-state index in [0.29, 0.717) is 24.9 Å². The van der Waals surface area contributed by atoms with E-state index in [2.05, 4.69) is 21.3 Å². The summed E-state index contributed by atoms with van der Waals surface area (Å²) in [7, 11) is 3.12. The van der Waals surface area contributed by atoms with E-state index in [1.54, 1.807) is 44.4 Å². The van der Waals surface area contributed by atoms with Crippen molar-refractivity contribution in [3.63, 3.8) is 0 Å². The molecule has 5 amide bonds. The van der Waals surface area contributed by atoms with Gasteiger partial charge in [-0.1, -0.05) is 85.2 Å². The highest BCUT2D eigenvalue weighted by atomic mass is 16.5. The summed E-state index contributed by atoms with van der Waals surface area (Å²) < 4.78 is 5.26. The van der Waals surface area contributed by atoms with E-state index in [0.717, 1.165) is 0 Å². The zero-order valence-electron chi connectivity index (χ0n) is 30.4. The first-order valence-electron chi connectivity index (χ1n) is 16.9. The number of ketones is 1. The molecule has 0 bridgehead atoms. The summed E-state index contributed by atoms with van der Waals surface area (Å²) in [6.07, 6.45) is -0.969. The van der Waals surface area contributed by atoms with Crippen molar-refractivity contribution in [1.82, 2.24) is 31.1 Å². The normalized spacial score (nSPS) is 18.6. The van der Waals surface area contributed by atoms with Crippen LogP contribution in [0.4, 0.5) is 4.79 Å². The second-order valence-electron chi connectivity index (χ2n) is 14.5. The van der Waals surface area contributed by atoms with Crippen LogP contribution in [0.3, 0.4) is 0 Å². The van der Waals surface area contributed by atoms with Gasteiger partial charge in [0.25, 0.3) is 5.91 Å². The minimum Gasteiger partial charge on any atom is -0.449 e. The minimum absolute atomic E-state index is 0.0140. The molecule has 0 aromatic heterocycles. The summed E-state index contributed by atoms with van der Waals surface area (Å²) in [6, 6.07) is 4.85. The number of alkyl carbamates (subject to hydrolysis) is 1. The highest BCUT2D eigenvalue weighted by molar-refractivity contribution is 6.38. The van der Waals surface area contributed by atoms with E-state index in [-0.39, 0.29) is 30.8 Å². The fourth-order valence-corrected chi connectivity index (χ4v) is 5.56. The molecule has 1 saturated heterocycles. The number of hydrogen-bond acceptors (Lipinski definition) is 9. The zero-order chi connectivity index (χ0) is 37.1. The van der Waals surface area contributed by atoms with Gasteiger partial charge in [-0.25, -0.2) is 4.79 Å². The summed E-state index contributed by atoms with van der Waals surface area (Å²) in [5.74, 6) is -3.23. The molecule has 0 spiro atoms. The molecule has 1 aliphatic heterocycles. The van der Waals surface area contributed by atoms with Crippen molar-refractivity contribution in [1.29, 1.82) is 0 Å². The Labute approximate surface area is 290 Å². The maximum atomic E-state index is 13.9. The molecule has 1 aromatic rings. The fraction of sp³-hybridized carbons (Fsp3) is 0.657. The third-order valence-corrected chi connectivity index (χ3v) is 8.15. The predicted octanol–water partition coefficient (Wildman–Crippen LogP) is 1.73. The van der Waals surface area contributed by atoms with Crippen LogP contribution in [0.1, 0.15) is 79.3 Å². The smallest absolute Gasteiger partial charge is 0.407 e. The highest BCUT2D eigenvalue weighted by Gasteiger charge is 2.44. The van der Waals surface area contributed by atoms with Gasteiger partial charge in [0, 0.05) is 20.6 Å². The van der Waals surface area contributed by atoms with Crippen LogP contribution in [-0.4, -0.2) is 109 Å². The molecule has 5 N–H and O–H groups in total.